The van der Waals surface area contributed by atoms with Crippen LogP contribution >= 0.6 is 0 Å². The Balaban J connectivity index is 2.73. The van der Waals surface area contributed by atoms with Crippen molar-refractivity contribution in [3.05, 3.63) is 30.1 Å². The molecule has 0 unspecified atom stereocenters. The van der Waals surface area contributed by atoms with E-state index in [9.17, 15) is 4.79 Å². The molecule has 0 aromatic carbocycles. The van der Waals surface area contributed by atoms with Crippen molar-refractivity contribution in [2.24, 2.45) is 11.7 Å². The number of amides is 1. The van der Waals surface area contributed by atoms with Gasteiger partial charge in [0.05, 0.1) is 18.5 Å². The van der Waals surface area contributed by atoms with E-state index >= 15 is 0 Å². The number of carbonyl (C=O) groups is 1. The topological polar surface area (TPSA) is 83.0 Å². The highest BCUT2D eigenvalue weighted by atomic mass is 16.2. The van der Waals surface area contributed by atoms with E-state index in [1.807, 2.05) is 26.0 Å². The van der Waals surface area contributed by atoms with Crippen LogP contribution in [0, 0.1) is 17.2 Å². The van der Waals surface area contributed by atoms with Crippen LogP contribution in [0.3, 0.4) is 0 Å². The molecule has 1 amide bonds. The average molecular weight is 274 g/mol. The maximum Gasteiger partial charge on any atom is 0.239 e. The van der Waals surface area contributed by atoms with E-state index in [4.69, 9.17) is 11.0 Å². The van der Waals surface area contributed by atoms with Crippen LogP contribution < -0.4 is 5.73 Å². The predicted octanol–water partition coefficient (Wildman–Crippen LogP) is 1.70. The van der Waals surface area contributed by atoms with Gasteiger partial charge >= 0.3 is 0 Å². The van der Waals surface area contributed by atoms with Crippen LogP contribution in [-0.2, 0) is 11.3 Å². The molecule has 0 saturated heterocycles. The molecule has 5 nitrogen and oxygen atoms in total. The van der Waals surface area contributed by atoms with Crippen LogP contribution in [0.15, 0.2) is 24.5 Å². The predicted molar refractivity (Wildman–Crippen MR) is 77.3 cm³/mol. The van der Waals surface area contributed by atoms with Crippen LogP contribution in [0.1, 0.15) is 32.3 Å². The molecule has 0 radical (unpaired) electrons. The second-order valence-electron chi connectivity index (χ2n) is 5.27. The number of carbonyl (C=O) groups excluding carboxylic acids is 1. The van der Waals surface area contributed by atoms with Gasteiger partial charge in [-0.1, -0.05) is 19.9 Å². The zero-order chi connectivity index (χ0) is 15.0. The molecule has 0 saturated carbocycles. The second kappa shape index (κ2) is 8.28. The Bertz CT molecular complexity index is 453. The fraction of sp³-hybridized carbons (Fsp3) is 0.533. The highest BCUT2D eigenvalue weighted by Crippen LogP contribution is 2.10. The third-order valence-corrected chi connectivity index (χ3v) is 2.94. The lowest BCUT2D eigenvalue weighted by molar-refractivity contribution is -0.133. The molecule has 108 valence electrons. The fourth-order valence-corrected chi connectivity index (χ4v) is 2.01. The van der Waals surface area contributed by atoms with Gasteiger partial charge in [-0.15, -0.1) is 0 Å². The summed E-state index contributed by atoms with van der Waals surface area (Å²) in [5, 5.41) is 8.72. The minimum atomic E-state index is -0.509. The molecule has 1 atom stereocenters. The van der Waals surface area contributed by atoms with Crippen LogP contribution in [-0.4, -0.2) is 28.4 Å². The van der Waals surface area contributed by atoms with Crippen LogP contribution in [0.25, 0.3) is 0 Å². The Morgan fingerprint density at radius 1 is 1.55 bits per heavy atom. The van der Waals surface area contributed by atoms with E-state index in [0.29, 0.717) is 31.8 Å². The maximum absolute atomic E-state index is 12.4. The van der Waals surface area contributed by atoms with E-state index in [-0.39, 0.29) is 5.91 Å². The summed E-state index contributed by atoms with van der Waals surface area (Å²) < 4.78 is 0. The number of aromatic nitrogens is 1. The Morgan fingerprint density at radius 3 is 2.85 bits per heavy atom. The Labute approximate surface area is 120 Å². The first kappa shape index (κ1) is 16.1. The third kappa shape index (κ3) is 5.37. The van der Waals surface area contributed by atoms with Gasteiger partial charge in [0, 0.05) is 25.5 Å². The van der Waals surface area contributed by atoms with Crippen molar-refractivity contribution in [2.75, 3.05) is 6.54 Å². The molecule has 0 aliphatic carbocycles. The molecule has 5 heteroatoms. The molecule has 2 N–H and O–H groups in total. The molecule has 1 rings (SSSR count). The molecule has 0 aliphatic heterocycles. The van der Waals surface area contributed by atoms with Gasteiger partial charge in [0.1, 0.15) is 0 Å². The summed E-state index contributed by atoms with van der Waals surface area (Å²) in [4.78, 5) is 18.0. The zero-order valence-electron chi connectivity index (χ0n) is 12.1. The lowest BCUT2D eigenvalue weighted by Gasteiger charge is -2.25. The molecule has 0 aliphatic rings. The molecule has 0 bridgehead atoms. The summed E-state index contributed by atoms with van der Waals surface area (Å²) in [6, 6.07) is 5.30. The van der Waals surface area contributed by atoms with Crippen molar-refractivity contribution in [2.45, 2.75) is 39.3 Å². The van der Waals surface area contributed by atoms with Gasteiger partial charge in [-0.3, -0.25) is 9.78 Å². The minimum Gasteiger partial charge on any atom is -0.336 e. The Hall–Kier alpha value is -1.93. The smallest absolute Gasteiger partial charge is 0.239 e. The number of hydrogen-bond donors (Lipinski definition) is 1. The number of rotatable bonds is 7. The van der Waals surface area contributed by atoms with E-state index < -0.39 is 6.04 Å². The van der Waals surface area contributed by atoms with E-state index in [0.717, 1.165) is 5.56 Å². The molecule has 1 aromatic heterocycles. The first-order valence-corrected chi connectivity index (χ1v) is 6.84. The monoisotopic (exact) mass is 274 g/mol. The van der Waals surface area contributed by atoms with Gasteiger partial charge in [0.2, 0.25) is 5.91 Å². The minimum absolute atomic E-state index is 0.0993. The SMILES string of the molecule is CC(C)C[C@@H](N)C(=O)N(CCC#N)Cc1cccnc1. The first-order chi connectivity index (χ1) is 9.54. The Morgan fingerprint density at radius 2 is 2.30 bits per heavy atom. The molecular formula is C15H22N4O. The largest absolute Gasteiger partial charge is 0.336 e. The number of nitrogens with zero attached hydrogens (tertiary/aromatic N) is 3. The average Bonchev–Trinajstić information content (AvgIpc) is 2.43. The number of nitriles is 1. The van der Waals surface area contributed by atoms with Crippen molar-refractivity contribution in [3.63, 3.8) is 0 Å². The quantitative estimate of drug-likeness (QED) is 0.820. The van der Waals surface area contributed by atoms with Gasteiger partial charge in [0.15, 0.2) is 0 Å². The molecule has 1 aromatic rings. The van der Waals surface area contributed by atoms with Crippen molar-refractivity contribution < 1.29 is 4.79 Å². The standard InChI is InChI=1S/C15H22N4O/c1-12(2)9-14(17)15(20)19(8-4-6-16)11-13-5-3-7-18-10-13/h3,5,7,10,12,14H,4,8-9,11,17H2,1-2H3/t14-/m1/s1. The van der Waals surface area contributed by atoms with Crippen molar-refractivity contribution in [1.82, 2.24) is 9.88 Å². The van der Waals surface area contributed by atoms with Gasteiger partial charge in [0.25, 0.3) is 0 Å². The maximum atomic E-state index is 12.4. The van der Waals surface area contributed by atoms with E-state index in [2.05, 4.69) is 11.1 Å². The van der Waals surface area contributed by atoms with Crippen molar-refractivity contribution in [1.29, 1.82) is 5.26 Å². The molecule has 0 fully saturated rings. The summed E-state index contributed by atoms with van der Waals surface area (Å²) >= 11 is 0. The second-order valence-corrected chi connectivity index (χ2v) is 5.27. The van der Waals surface area contributed by atoms with Crippen LogP contribution in [0.2, 0.25) is 0 Å². The molecule has 1 heterocycles. The number of hydrogen-bond acceptors (Lipinski definition) is 4. The van der Waals surface area contributed by atoms with E-state index in [1.165, 1.54) is 0 Å². The zero-order valence-corrected chi connectivity index (χ0v) is 12.1. The fourth-order valence-electron chi connectivity index (χ4n) is 2.01. The van der Waals surface area contributed by atoms with Gasteiger partial charge in [-0.05, 0) is 24.0 Å². The highest BCUT2D eigenvalue weighted by Gasteiger charge is 2.21. The lowest BCUT2D eigenvalue weighted by atomic mass is 10.0. The Kier molecular flexibility index (Phi) is 6.68. The van der Waals surface area contributed by atoms with Gasteiger partial charge in [-0.2, -0.15) is 5.26 Å². The normalized spacial score (nSPS) is 11.9. The molecule has 0 spiro atoms. The lowest BCUT2D eigenvalue weighted by Crippen LogP contribution is -2.44. The summed E-state index contributed by atoms with van der Waals surface area (Å²) in [6.45, 7) is 4.91. The van der Waals surface area contributed by atoms with Crippen LogP contribution in [0.4, 0.5) is 0 Å². The third-order valence-electron chi connectivity index (χ3n) is 2.94. The van der Waals surface area contributed by atoms with Crippen LogP contribution in [0.5, 0.6) is 0 Å². The van der Waals surface area contributed by atoms with Gasteiger partial charge < -0.3 is 10.6 Å². The van der Waals surface area contributed by atoms with E-state index in [1.54, 1.807) is 17.3 Å². The summed E-state index contributed by atoms with van der Waals surface area (Å²) in [7, 11) is 0. The summed E-state index contributed by atoms with van der Waals surface area (Å²) in [5.74, 6) is 0.267. The van der Waals surface area contributed by atoms with Crippen molar-refractivity contribution >= 4 is 5.91 Å². The summed E-state index contributed by atoms with van der Waals surface area (Å²) in [5.41, 5.74) is 6.90. The molecule has 20 heavy (non-hydrogen) atoms. The first-order valence-electron chi connectivity index (χ1n) is 6.84. The summed E-state index contributed by atoms with van der Waals surface area (Å²) in [6.07, 6.45) is 4.37. The number of pyridine rings is 1. The van der Waals surface area contributed by atoms with Crippen molar-refractivity contribution in [3.8, 4) is 6.07 Å². The highest BCUT2D eigenvalue weighted by molar-refractivity contribution is 5.81. The number of nitrogens with two attached hydrogens (primary N) is 1. The molecular weight excluding hydrogens is 252 g/mol. The van der Waals surface area contributed by atoms with Gasteiger partial charge in [-0.25, -0.2) is 0 Å².